The molecule has 0 aliphatic heterocycles. The number of alkyl carbamates (subject to hydrolysis) is 1. The highest BCUT2D eigenvalue weighted by molar-refractivity contribution is 5.98. The van der Waals surface area contributed by atoms with Crippen molar-refractivity contribution in [3.63, 3.8) is 0 Å². The van der Waals surface area contributed by atoms with Crippen LogP contribution in [-0.2, 0) is 9.53 Å². The van der Waals surface area contributed by atoms with Gasteiger partial charge in [0.2, 0.25) is 5.91 Å². The number of hydrogen-bond acceptors (Lipinski definition) is 5. The fraction of sp³-hybridized carbons (Fsp3) is 0.571. The number of hydrogen-bond donors (Lipinski definition) is 2. The Labute approximate surface area is 167 Å². The molecule has 2 amide bonds. The lowest BCUT2D eigenvalue weighted by Crippen LogP contribution is -2.44. The van der Waals surface area contributed by atoms with Gasteiger partial charge in [-0.25, -0.2) is 4.79 Å². The number of benzene rings is 1. The zero-order valence-electron chi connectivity index (χ0n) is 17.2. The molecule has 0 spiro atoms. The van der Waals surface area contributed by atoms with Crippen molar-refractivity contribution >= 4 is 17.8 Å². The molecule has 0 bridgehead atoms. The van der Waals surface area contributed by atoms with Gasteiger partial charge in [-0.1, -0.05) is 13.8 Å². The molecule has 2 N–H and O–H groups in total. The Balaban J connectivity index is 2.44. The molecule has 1 unspecified atom stereocenters. The molecule has 7 heteroatoms. The van der Waals surface area contributed by atoms with E-state index in [0.717, 1.165) is 0 Å². The first kappa shape index (κ1) is 23.5. The van der Waals surface area contributed by atoms with Gasteiger partial charge >= 0.3 is 6.09 Å². The topological polar surface area (TPSA) is 93.7 Å². The van der Waals surface area contributed by atoms with Gasteiger partial charge in [0.25, 0.3) is 0 Å². The van der Waals surface area contributed by atoms with Gasteiger partial charge in [-0.15, -0.1) is 0 Å². The maximum absolute atomic E-state index is 12.2. The Hall–Kier alpha value is -2.57. The molecular weight excluding hydrogens is 360 g/mol. The van der Waals surface area contributed by atoms with Crippen LogP contribution in [0.1, 0.15) is 57.3 Å². The molecule has 0 aliphatic carbocycles. The molecule has 0 aliphatic rings. The summed E-state index contributed by atoms with van der Waals surface area (Å²) in [4.78, 5) is 35.9. The lowest BCUT2D eigenvalue weighted by atomic mass is 10.0. The van der Waals surface area contributed by atoms with Crippen LogP contribution in [0.3, 0.4) is 0 Å². The SMILES string of the molecule is CCOC(=O)NC(CNC(=O)CCC(=O)c1ccc(OCC)cc1)CC(C)C. The molecule has 0 fully saturated rings. The molecule has 1 rings (SSSR count). The Morgan fingerprint density at radius 2 is 1.68 bits per heavy atom. The molecule has 0 heterocycles. The normalized spacial score (nSPS) is 11.6. The highest BCUT2D eigenvalue weighted by Gasteiger charge is 2.16. The Kier molecular flexibility index (Phi) is 10.7. The second kappa shape index (κ2) is 12.8. The van der Waals surface area contributed by atoms with E-state index in [1.165, 1.54) is 0 Å². The number of rotatable bonds is 12. The number of nitrogens with one attached hydrogen (secondary N) is 2. The van der Waals surface area contributed by atoms with Crippen molar-refractivity contribution < 1.29 is 23.9 Å². The van der Waals surface area contributed by atoms with Crippen LogP contribution in [0.4, 0.5) is 4.79 Å². The van der Waals surface area contributed by atoms with Crippen molar-refractivity contribution in [2.24, 2.45) is 5.92 Å². The molecule has 28 heavy (non-hydrogen) atoms. The molecule has 0 saturated heterocycles. The third-order valence-electron chi connectivity index (χ3n) is 3.97. The third-order valence-corrected chi connectivity index (χ3v) is 3.97. The van der Waals surface area contributed by atoms with E-state index in [-0.39, 0.29) is 30.6 Å². The highest BCUT2D eigenvalue weighted by Crippen LogP contribution is 2.14. The first-order valence-corrected chi connectivity index (χ1v) is 9.81. The molecule has 1 aromatic rings. The summed E-state index contributed by atoms with van der Waals surface area (Å²) in [5.74, 6) is 0.743. The first-order chi connectivity index (χ1) is 13.3. The van der Waals surface area contributed by atoms with E-state index in [9.17, 15) is 14.4 Å². The minimum absolute atomic E-state index is 0.0958. The summed E-state index contributed by atoms with van der Waals surface area (Å²) < 4.78 is 10.2. The summed E-state index contributed by atoms with van der Waals surface area (Å²) in [5, 5.41) is 5.54. The Morgan fingerprint density at radius 1 is 1.00 bits per heavy atom. The Morgan fingerprint density at radius 3 is 2.25 bits per heavy atom. The van der Waals surface area contributed by atoms with Crippen LogP contribution in [0.5, 0.6) is 5.75 Å². The lowest BCUT2D eigenvalue weighted by molar-refractivity contribution is -0.121. The quantitative estimate of drug-likeness (QED) is 0.532. The number of ketones is 1. The highest BCUT2D eigenvalue weighted by atomic mass is 16.5. The molecule has 0 radical (unpaired) electrons. The zero-order chi connectivity index (χ0) is 20.9. The van der Waals surface area contributed by atoms with Crippen molar-refractivity contribution in [3.8, 4) is 5.75 Å². The molecule has 0 aromatic heterocycles. The van der Waals surface area contributed by atoms with Crippen molar-refractivity contribution in [2.45, 2.75) is 53.0 Å². The lowest BCUT2D eigenvalue weighted by Gasteiger charge is -2.20. The average Bonchev–Trinajstić information content (AvgIpc) is 2.64. The van der Waals surface area contributed by atoms with E-state index in [0.29, 0.717) is 43.4 Å². The molecular formula is C21H32N2O5. The van der Waals surface area contributed by atoms with Crippen LogP contribution in [0.2, 0.25) is 0 Å². The summed E-state index contributed by atoms with van der Waals surface area (Å²) in [5.41, 5.74) is 0.554. The largest absolute Gasteiger partial charge is 0.494 e. The van der Waals surface area contributed by atoms with Crippen molar-refractivity contribution in [3.05, 3.63) is 29.8 Å². The number of carbonyl (C=O) groups is 3. The Bertz CT molecular complexity index is 628. The minimum atomic E-state index is -0.493. The van der Waals surface area contributed by atoms with E-state index in [2.05, 4.69) is 10.6 Å². The van der Waals surface area contributed by atoms with Gasteiger partial charge in [-0.3, -0.25) is 9.59 Å². The van der Waals surface area contributed by atoms with Gasteiger partial charge < -0.3 is 20.1 Å². The van der Waals surface area contributed by atoms with Gasteiger partial charge in [0.05, 0.1) is 13.2 Å². The van der Waals surface area contributed by atoms with Crippen LogP contribution in [0.15, 0.2) is 24.3 Å². The number of ether oxygens (including phenoxy) is 2. The van der Waals surface area contributed by atoms with Crippen LogP contribution in [0.25, 0.3) is 0 Å². The molecule has 0 saturated carbocycles. The maximum Gasteiger partial charge on any atom is 0.407 e. The van der Waals surface area contributed by atoms with E-state index in [1.54, 1.807) is 31.2 Å². The van der Waals surface area contributed by atoms with E-state index in [4.69, 9.17) is 9.47 Å². The number of carbonyl (C=O) groups excluding carboxylic acids is 3. The van der Waals surface area contributed by atoms with Crippen LogP contribution in [-0.4, -0.2) is 43.6 Å². The summed E-state index contributed by atoms with van der Waals surface area (Å²) in [6, 6.07) is 6.67. The van der Waals surface area contributed by atoms with E-state index < -0.39 is 6.09 Å². The summed E-state index contributed by atoms with van der Waals surface area (Å²) in [6.07, 6.45) is 0.442. The standard InChI is InChI=1S/C21H32N2O5/c1-5-27-18-9-7-16(8-10-18)19(24)11-12-20(25)22-14-17(13-15(3)4)23-21(26)28-6-2/h7-10,15,17H,5-6,11-14H2,1-4H3,(H,22,25)(H,23,26). The van der Waals surface area contributed by atoms with Crippen molar-refractivity contribution in [2.75, 3.05) is 19.8 Å². The van der Waals surface area contributed by atoms with Crippen LogP contribution in [0, 0.1) is 5.92 Å². The molecule has 156 valence electrons. The average molecular weight is 392 g/mol. The van der Waals surface area contributed by atoms with Gasteiger partial charge in [0.15, 0.2) is 5.78 Å². The number of amides is 2. The second-order valence-corrected chi connectivity index (χ2v) is 6.88. The molecule has 1 aromatic carbocycles. The monoisotopic (exact) mass is 392 g/mol. The fourth-order valence-corrected chi connectivity index (χ4v) is 2.70. The zero-order valence-corrected chi connectivity index (χ0v) is 17.2. The van der Waals surface area contributed by atoms with Crippen molar-refractivity contribution in [1.82, 2.24) is 10.6 Å². The summed E-state index contributed by atoms with van der Waals surface area (Å²) in [6.45, 7) is 8.86. The fourth-order valence-electron chi connectivity index (χ4n) is 2.70. The van der Waals surface area contributed by atoms with Crippen LogP contribution < -0.4 is 15.4 Å². The first-order valence-electron chi connectivity index (χ1n) is 9.81. The summed E-state index contributed by atoms with van der Waals surface area (Å²) >= 11 is 0. The van der Waals surface area contributed by atoms with Gasteiger partial charge in [0.1, 0.15) is 5.75 Å². The van der Waals surface area contributed by atoms with Gasteiger partial charge in [-0.2, -0.15) is 0 Å². The maximum atomic E-state index is 12.2. The third kappa shape index (κ3) is 9.39. The summed E-state index contributed by atoms with van der Waals surface area (Å²) in [7, 11) is 0. The molecule has 7 nitrogen and oxygen atoms in total. The minimum Gasteiger partial charge on any atom is -0.494 e. The van der Waals surface area contributed by atoms with Gasteiger partial charge in [-0.05, 0) is 50.5 Å². The predicted molar refractivity (Wildman–Crippen MR) is 108 cm³/mol. The number of Topliss-reactive ketones (excluding diaryl/α,β-unsaturated/α-hetero) is 1. The second-order valence-electron chi connectivity index (χ2n) is 6.88. The van der Waals surface area contributed by atoms with E-state index in [1.807, 2.05) is 20.8 Å². The van der Waals surface area contributed by atoms with Crippen molar-refractivity contribution in [1.29, 1.82) is 0 Å². The molecule has 1 atom stereocenters. The predicted octanol–water partition coefficient (Wildman–Crippen LogP) is 3.33. The van der Waals surface area contributed by atoms with Crippen LogP contribution >= 0.6 is 0 Å². The van der Waals surface area contributed by atoms with Gasteiger partial charge in [0, 0.05) is 31.0 Å². The smallest absolute Gasteiger partial charge is 0.407 e. The van der Waals surface area contributed by atoms with E-state index >= 15 is 0 Å².